The van der Waals surface area contributed by atoms with Crippen LogP contribution < -0.4 is 9.64 Å². The van der Waals surface area contributed by atoms with Crippen molar-refractivity contribution in [2.45, 2.75) is 38.7 Å². The molecular formula is C30H26N2O5. The fourth-order valence-corrected chi connectivity index (χ4v) is 5.54. The molecule has 3 aromatic rings. The van der Waals surface area contributed by atoms with Crippen LogP contribution in [0.25, 0.3) is 0 Å². The number of aryl methyl sites for hydroxylation is 1. The second kappa shape index (κ2) is 8.40. The quantitative estimate of drug-likeness (QED) is 0.481. The molecule has 0 radical (unpaired) electrons. The summed E-state index contributed by atoms with van der Waals surface area (Å²) in [4.78, 5) is 54.6. The number of carbonyl (C=O) groups excluding carboxylic acids is 4. The highest BCUT2D eigenvalue weighted by molar-refractivity contribution is 6.34. The highest BCUT2D eigenvalue weighted by Gasteiger charge is 2.44. The van der Waals surface area contributed by atoms with E-state index in [2.05, 4.69) is 0 Å². The summed E-state index contributed by atoms with van der Waals surface area (Å²) in [5.74, 6) is -0.0870. The van der Waals surface area contributed by atoms with E-state index in [4.69, 9.17) is 4.74 Å². The number of fused-ring (bicyclic) bond motifs is 2. The van der Waals surface area contributed by atoms with E-state index in [1.807, 2.05) is 26.0 Å². The van der Waals surface area contributed by atoms with E-state index in [0.717, 1.165) is 16.0 Å². The van der Waals surface area contributed by atoms with Gasteiger partial charge in [0.25, 0.3) is 17.7 Å². The number of rotatable bonds is 2. The molecule has 0 N–H and O–H groups in total. The lowest BCUT2D eigenvalue weighted by atomic mass is 9.81. The van der Waals surface area contributed by atoms with Crippen LogP contribution in [0.4, 0.5) is 5.69 Å². The van der Waals surface area contributed by atoms with E-state index < -0.39 is 5.60 Å². The first-order valence-electron chi connectivity index (χ1n) is 12.5. The van der Waals surface area contributed by atoms with E-state index in [1.54, 1.807) is 53.4 Å². The van der Waals surface area contributed by atoms with Gasteiger partial charge >= 0.3 is 0 Å². The molecule has 37 heavy (non-hydrogen) atoms. The van der Waals surface area contributed by atoms with Gasteiger partial charge in [-0.15, -0.1) is 0 Å². The van der Waals surface area contributed by atoms with Gasteiger partial charge in [-0.1, -0.05) is 18.2 Å². The van der Waals surface area contributed by atoms with Gasteiger partial charge in [-0.05, 0) is 67.4 Å². The number of imide groups is 1. The fraction of sp³-hybridized carbons (Fsp3) is 0.267. The SMILES string of the molecule is Cc1ccc2c(c1C)OC1(CCN(C(=O)c3ccc(N4C(=O)c5ccccc5C4=O)cc3)CC1)CC2=O. The Labute approximate surface area is 214 Å². The third kappa shape index (κ3) is 3.65. The Morgan fingerprint density at radius 1 is 0.811 bits per heavy atom. The van der Waals surface area contributed by atoms with Crippen LogP contribution in [0.15, 0.2) is 60.7 Å². The molecule has 0 bridgehead atoms. The Morgan fingerprint density at radius 2 is 1.43 bits per heavy atom. The van der Waals surface area contributed by atoms with Crippen molar-refractivity contribution in [2.75, 3.05) is 18.0 Å². The predicted molar refractivity (Wildman–Crippen MR) is 137 cm³/mol. The molecule has 1 fully saturated rings. The Kier molecular flexibility index (Phi) is 5.26. The Hall–Kier alpha value is -4.26. The standard InChI is InChI=1S/C30H26N2O5/c1-18-7-12-24-25(33)17-30(37-26(24)19(18)2)13-15-31(16-14-30)27(34)20-8-10-21(11-9-20)32-28(35)22-5-3-4-6-23(22)29(32)36/h3-12H,13-17H2,1-2H3. The van der Waals surface area contributed by atoms with Crippen molar-refractivity contribution in [3.8, 4) is 5.75 Å². The summed E-state index contributed by atoms with van der Waals surface area (Å²) in [7, 11) is 0. The number of amides is 3. The largest absolute Gasteiger partial charge is 0.486 e. The minimum absolute atomic E-state index is 0.0906. The first kappa shape index (κ1) is 23.2. The molecule has 0 aliphatic carbocycles. The van der Waals surface area contributed by atoms with Crippen LogP contribution in [0.3, 0.4) is 0 Å². The zero-order valence-electron chi connectivity index (χ0n) is 20.7. The van der Waals surface area contributed by atoms with Crippen molar-refractivity contribution in [1.29, 1.82) is 0 Å². The maximum atomic E-state index is 13.2. The molecule has 1 spiro atoms. The van der Waals surface area contributed by atoms with Gasteiger partial charge in [-0.3, -0.25) is 19.2 Å². The summed E-state index contributed by atoms with van der Waals surface area (Å²) in [6, 6.07) is 17.1. The first-order chi connectivity index (χ1) is 17.8. The minimum atomic E-state index is -0.589. The normalized spacial score (nSPS) is 18.1. The topological polar surface area (TPSA) is 84.0 Å². The van der Waals surface area contributed by atoms with Crippen LogP contribution in [0, 0.1) is 13.8 Å². The second-order valence-corrected chi connectivity index (χ2v) is 10.1. The van der Waals surface area contributed by atoms with Crippen molar-refractivity contribution in [1.82, 2.24) is 4.90 Å². The number of benzene rings is 3. The van der Waals surface area contributed by atoms with Gasteiger partial charge in [0, 0.05) is 31.5 Å². The zero-order chi connectivity index (χ0) is 25.9. The number of anilines is 1. The van der Waals surface area contributed by atoms with Gasteiger partial charge in [-0.2, -0.15) is 0 Å². The molecule has 0 aromatic heterocycles. The monoisotopic (exact) mass is 494 g/mol. The molecule has 186 valence electrons. The molecule has 3 aromatic carbocycles. The number of hydrogen-bond donors (Lipinski definition) is 0. The molecular weight excluding hydrogens is 468 g/mol. The van der Waals surface area contributed by atoms with Gasteiger partial charge in [-0.25, -0.2) is 4.90 Å². The Balaban J connectivity index is 1.15. The third-order valence-corrected chi connectivity index (χ3v) is 7.91. The maximum Gasteiger partial charge on any atom is 0.266 e. The summed E-state index contributed by atoms with van der Waals surface area (Å²) in [6.45, 7) is 4.94. The van der Waals surface area contributed by atoms with Crippen molar-refractivity contribution in [2.24, 2.45) is 0 Å². The third-order valence-electron chi connectivity index (χ3n) is 7.91. The predicted octanol–water partition coefficient (Wildman–Crippen LogP) is 4.74. The minimum Gasteiger partial charge on any atom is -0.486 e. The molecule has 7 heteroatoms. The number of nitrogens with zero attached hydrogens (tertiary/aromatic N) is 2. The molecule has 0 atom stereocenters. The molecule has 1 saturated heterocycles. The zero-order valence-corrected chi connectivity index (χ0v) is 20.7. The summed E-state index contributed by atoms with van der Waals surface area (Å²) in [5.41, 5.74) is 3.80. The lowest BCUT2D eigenvalue weighted by Crippen LogP contribution is -2.52. The highest BCUT2D eigenvalue weighted by Crippen LogP contribution is 2.42. The summed E-state index contributed by atoms with van der Waals surface area (Å²) in [5, 5.41) is 0. The van der Waals surface area contributed by atoms with Crippen LogP contribution in [-0.4, -0.2) is 47.1 Å². The van der Waals surface area contributed by atoms with E-state index in [9.17, 15) is 19.2 Å². The van der Waals surface area contributed by atoms with Crippen LogP contribution >= 0.6 is 0 Å². The Morgan fingerprint density at radius 3 is 2.05 bits per heavy atom. The number of Topliss-reactive ketones (excluding diaryl/α,β-unsaturated/α-hetero) is 1. The van der Waals surface area contributed by atoms with E-state index in [0.29, 0.717) is 66.0 Å². The number of carbonyl (C=O) groups is 4. The summed E-state index contributed by atoms with van der Waals surface area (Å²) in [6.07, 6.45) is 1.47. The van der Waals surface area contributed by atoms with E-state index in [-0.39, 0.29) is 23.5 Å². The van der Waals surface area contributed by atoms with E-state index in [1.165, 1.54) is 0 Å². The molecule has 7 nitrogen and oxygen atoms in total. The number of ether oxygens (including phenoxy) is 1. The average molecular weight is 495 g/mol. The van der Waals surface area contributed by atoms with E-state index >= 15 is 0 Å². The van der Waals surface area contributed by atoms with Crippen molar-refractivity contribution < 1.29 is 23.9 Å². The summed E-state index contributed by atoms with van der Waals surface area (Å²) < 4.78 is 6.47. The molecule has 0 unspecified atom stereocenters. The van der Waals surface area contributed by atoms with Gasteiger partial charge < -0.3 is 9.64 Å². The number of hydrogen-bond acceptors (Lipinski definition) is 5. The Bertz CT molecular complexity index is 1450. The molecule has 0 saturated carbocycles. The van der Waals surface area contributed by atoms with Crippen molar-refractivity contribution in [3.05, 3.63) is 94.0 Å². The number of piperidine rings is 1. The molecule has 3 aliphatic rings. The molecule has 3 amide bonds. The van der Waals surface area contributed by atoms with Crippen molar-refractivity contribution in [3.63, 3.8) is 0 Å². The lowest BCUT2D eigenvalue weighted by Gasteiger charge is -2.44. The van der Waals surface area contributed by atoms with Gasteiger partial charge in [0.05, 0.1) is 28.8 Å². The van der Waals surface area contributed by atoms with Gasteiger partial charge in [0.1, 0.15) is 11.4 Å². The van der Waals surface area contributed by atoms with Crippen LogP contribution in [0.1, 0.15) is 71.8 Å². The maximum absolute atomic E-state index is 13.2. The van der Waals surface area contributed by atoms with Crippen molar-refractivity contribution >= 4 is 29.2 Å². The van der Waals surface area contributed by atoms with Gasteiger partial charge in [0.2, 0.25) is 0 Å². The van der Waals surface area contributed by atoms with Crippen LogP contribution in [0.5, 0.6) is 5.75 Å². The van der Waals surface area contributed by atoms with Gasteiger partial charge in [0.15, 0.2) is 5.78 Å². The van der Waals surface area contributed by atoms with Crippen LogP contribution in [0.2, 0.25) is 0 Å². The van der Waals surface area contributed by atoms with Crippen LogP contribution in [-0.2, 0) is 0 Å². The first-order valence-corrected chi connectivity index (χ1v) is 12.5. The number of likely N-dealkylation sites (tertiary alicyclic amines) is 1. The fourth-order valence-electron chi connectivity index (χ4n) is 5.54. The second-order valence-electron chi connectivity index (χ2n) is 10.1. The molecule has 3 heterocycles. The lowest BCUT2D eigenvalue weighted by molar-refractivity contribution is -0.00621. The average Bonchev–Trinajstić information content (AvgIpc) is 3.16. The number of ketones is 1. The molecule has 3 aliphatic heterocycles. The smallest absolute Gasteiger partial charge is 0.266 e. The molecule has 6 rings (SSSR count). The highest BCUT2D eigenvalue weighted by atomic mass is 16.5. The summed E-state index contributed by atoms with van der Waals surface area (Å²) >= 11 is 0.